The first kappa shape index (κ1) is 15.4. The number of aromatic nitrogens is 2. The highest BCUT2D eigenvalue weighted by Gasteiger charge is 2.25. The summed E-state index contributed by atoms with van der Waals surface area (Å²) in [6.45, 7) is 2.42. The van der Waals surface area contributed by atoms with Gasteiger partial charge in [-0.2, -0.15) is 13.8 Å². The molecule has 2 N–H and O–H groups in total. The van der Waals surface area contributed by atoms with E-state index in [-0.39, 0.29) is 17.9 Å². The van der Waals surface area contributed by atoms with Crippen LogP contribution >= 0.6 is 0 Å². The lowest BCUT2D eigenvalue weighted by atomic mass is 10.0. The Kier molecular flexibility index (Phi) is 4.22. The molecule has 0 bridgehead atoms. The highest BCUT2D eigenvalue weighted by Crippen LogP contribution is 2.34. The van der Waals surface area contributed by atoms with Crippen LogP contribution in [0.3, 0.4) is 0 Å². The Hall–Kier alpha value is -2.51. The van der Waals surface area contributed by atoms with Gasteiger partial charge in [0.2, 0.25) is 5.82 Å². The molecule has 0 radical (unpaired) electrons. The zero-order valence-electron chi connectivity index (χ0n) is 12.5. The molecule has 1 aromatic heterocycles. The number of benzene rings is 1. The minimum Gasteiger partial charge on any atom is -0.338 e. The molecule has 0 fully saturated rings. The summed E-state index contributed by atoms with van der Waals surface area (Å²) < 4.78 is 29.5. The number of hydrogen-bond donors (Lipinski definition) is 2. The van der Waals surface area contributed by atoms with Gasteiger partial charge in [0.25, 0.3) is 5.89 Å². The Morgan fingerprint density at radius 3 is 3.00 bits per heavy atom. The maximum atomic E-state index is 12.5. The molecule has 6 nitrogen and oxygen atoms in total. The fraction of sp³-hybridized carbons (Fsp3) is 0.400. The molecule has 2 aromatic rings. The van der Waals surface area contributed by atoms with E-state index in [2.05, 4.69) is 25.3 Å². The number of aryl methyl sites for hydroxylation is 1. The molecule has 1 aliphatic carbocycles. The Bertz CT molecular complexity index is 717. The predicted octanol–water partition coefficient (Wildman–Crippen LogP) is 2.98. The second-order valence-corrected chi connectivity index (χ2v) is 5.27. The number of urea groups is 1. The van der Waals surface area contributed by atoms with Gasteiger partial charge in [0.1, 0.15) is 0 Å². The van der Waals surface area contributed by atoms with E-state index in [1.54, 1.807) is 6.07 Å². The molecular formula is C15H16F2N4O2. The zero-order valence-corrected chi connectivity index (χ0v) is 12.5. The number of fused-ring (bicyclic) bond motifs is 1. The molecule has 0 aliphatic heterocycles. The van der Waals surface area contributed by atoms with Crippen LogP contribution in [0, 0.1) is 0 Å². The van der Waals surface area contributed by atoms with Gasteiger partial charge in [0.05, 0.1) is 6.04 Å². The molecule has 1 unspecified atom stereocenters. The van der Waals surface area contributed by atoms with Crippen molar-refractivity contribution < 1.29 is 18.1 Å². The lowest BCUT2D eigenvalue weighted by Crippen LogP contribution is -2.37. The lowest BCUT2D eigenvalue weighted by Gasteiger charge is -2.14. The quantitative estimate of drug-likeness (QED) is 0.907. The third-order valence-electron chi connectivity index (χ3n) is 3.75. The number of amides is 2. The van der Waals surface area contributed by atoms with Gasteiger partial charge in [0.15, 0.2) is 0 Å². The van der Waals surface area contributed by atoms with Crippen LogP contribution in [0.15, 0.2) is 22.7 Å². The van der Waals surface area contributed by atoms with Crippen LogP contribution in [0.25, 0.3) is 11.4 Å². The lowest BCUT2D eigenvalue weighted by molar-refractivity contribution is 0.106. The monoisotopic (exact) mass is 322 g/mol. The molecule has 1 aromatic carbocycles. The van der Waals surface area contributed by atoms with Crippen molar-refractivity contribution >= 4 is 6.03 Å². The normalized spacial score (nSPS) is 16.4. The molecule has 1 atom stereocenters. The highest BCUT2D eigenvalue weighted by atomic mass is 19.3. The van der Waals surface area contributed by atoms with Crippen LogP contribution in [-0.4, -0.2) is 22.7 Å². The number of carbonyl (C=O) groups excluding carboxylic acids is 1. The van der Waals surface area contributed by atoms with Gasteiger partial charge in [-0.15, -0.1) is 0 Å². The van der Waals surface area contributed by atoms with Gasteiger partial charge < -0.3 is 15.2 Å². The molecular weight excluding hydrogens is 306 g/mol. The Morgan fingerprint density at radius 1 is 1.48 bits per heavy atom. The SMILES string of the molecule is CCNC(=O)NC1CCc2cc(-c3noc(C(F)F)n3)ccc21. The average molecular weight is 322 g/mol. The van der Waals surface area contributed by atoms with Gasteiger partial charge in [-0.1, -0.05) is 17.3 Å². The second-order valence-electron chi connectivity index (χ2n) is 5.27. The third-order valence-corrected chi connectivity index (χ3v) is 3.75. The van der Waals surface area contributed by atoms with Crippen molar-refractivity contribution in [3.8, 4) is 11.4 Å². The summed E-state index contributed by atoms with van der Waals surface area (Å²) in [5.41, 5.74) is 2.70. The summed E-state index contributed by atoms with van der Waals surface area (Å²) in [5, 5.41) is 9.19. The van der Waals surface area contributed by atoms with E-state index in [0.717, 1.165) is 24.0 Å². The van der Waals surface area contributed by atoms with Crippen molar-refractivity contribution in [2.75, 3.05) is 6.54 Å². The van der Waals surface area contributed by atoms with Gasteiger partial charge in [-0.3, -0.25) is 0 Å². The summed E-state index contributed by atoms with van der Waals surface area (Å²) in [6.07, 6.45) is -1.19. The van der Waals surface area contributed by atoms with Crippen LogP contribution < -0.4 is 10.6 Å². The summed E-state index contributed by atoms with van der Waals surface area (Å²) >= 11 is 0. The number of alkyl halides is 2. The second kappa shape index (κ2) is 6.31. The molecule has 8 heteroatoms. The van der Waals surface area contributed by atoms with Crippen molar-refractivity contribution in [2.45, 2.75) is 32.2 Å². The van der Waals surface area contributed by atoms with E-state index in [9.17, 15) is 13.6 Å². The van der Waals surface area contributed by atoms with E-state index < -0.39 is 12.3 Å². The molecule has 1 aliphatic rings. The van der Waals surface area contributed by atoms with E-state index in [1.165, 1.54) is 0 Å². The fourth-order valence-corrected chi connectivity index (χ4v) is 2.72. The Morgan fingerprint density at radius 2 is 2.30 bits per heavy atom. The smallest absolute Gasteiger partial charge is 0.315 e. The van der Waals surface area contributed by atoms with Crippen LogP contribution in [0.2, 0.25) is 0 Å². The van der Waals surface area contributed by atoms with E-state index in [0.29, 0.717) is 12.1 Å². The number of nitrogens with one attached hydrogen (secondary N) is 2. The average Bonchev–Trinajstić information content (AvgIpc) is 3.14. The number of halogens is 2. The van der Waals surface area contributed by atoms with Crippen molar-refractivity contribution in [3.63, 3.8) is 0 Å². The van der Waals surface area contributed by atoms with Gasteiger partial charge in [-0.05, 0) is 37.0 Å². The van der Waals surface area contributed by atoms with Gasteiger partial charge in [0, 0.05) is 12.1 Å². The maximum absolute atomic E-state index is 12.5. The number of rotatable bonds is 4. The standard InChI is InChI=1S/C15H16F2N4O2/c1-2-18-15(22)19-11-6-4-8-7-9(3-5-10(8)11)13-20-14(12(16)17)23-21-13/h3,5,7,11-12H,2,4,6H2,1H3,(H2,18,19,22). The molecule has 0 spiro atoms. The molecule has 0 saturated carbocycles. The first-order valence-corrected chi connectivity index (χ1v) is 7.37. The highest BCUT2D eigenvalue weighted by molar-refractivity contribution is 5.74. The molecule has 1 heterocycles. The molecule has 3 rings (SSSR count). The summed E-state index contributed by atoms with van der Waals surface area (Å²) in [7, 11) is 0. The summed E-state index contributed by atoms with van der Waals surface area (Å²) in [5.74, 6) is -0.542. The minimum atomic E-state index is -2.78. The van der Waals surface area contributed by atoms with E-state index >= 15 is 0 Å². The van der Waals surface area contributed by atoms with Crippen LogP contribution in [0.5, 0.6) is 0 Å². The van der Waals surface area contributed by atoms with Crippen molar-refractivity contribution in [1.29, 1.82) is 0 Å². The third kappa shape index (κ3) is 3.15. The van der Waals surface area contributed by atoms with Crippen LogP contribution in [0.1, 0.15) is 42.8 Å². The zero-order chi connectivity index (χ0) is 16.4. The number of carbonyl (C=O) groups is 1. The topological polar surface area (TPSA) is 80.0 Å². The molecule has 122 valence electrons. The predicted molar refractivity (Wildman–Crippen MR) is 78.0 cm³/mol. The fourth-order valence-electron chi connectivity index (χ4n) is 2.72. The first-order valence-electron chi connectivity index (χ1n) is 7.37. The summed E-state index contributed by atoms with van der Waals surface area (Å²) in [4.78, 5) is 15.3. The van der Waals surface area contributed by atoms with Crippen molar-refractivity contribution in [3.05, 3.63) is 35.2 Å². The number of hydrogen-bond acceptors (Lipinski definition) is 4. The van der Waals surface area contributed by atoms with Crippen LogP contribution in [0.4, 0.5) is 13.6 Å². The summed E-state index contributed by atoms with van der Waals surface area (Å²) in [6, 6.07) is 5.22. The van der Waals surface area contributed by atoms with Crippen LogP contribution in [-0.2, 0) is 6.42 Å². The minimum absolute atomic E-state index is 0.0486. The number of nitrogens with zero attached hydrogens (tertiary/aromatic N) is 2. The maximum Gasteiger partial charge on any atom is 0.315 e. The largest absolute Gasteiger partial charge is 0.338 e. The van der Waals surface area contributed by atoms with Gasteiger partial charge >= 0.3 is 12.5 Å². The van der Waals surface area contributed by atoms with E-state index in [4.69, 9.17) is 0 Å². The Balaban J connectivity index is 1.79. The molecule has 2 amide bonds. The molecule has 23 heavy (non-hydrogen) atoms. The Labute approximate surface area is 131 Å². The van der Waals surface area contributed by atoms with Crippen molar-refractivity contribution in [1.82, 2.24) is 20.8 Å². The molecule has 0 saturated heterocycles. The van der Waals surface area contributed by atoms with Gasteiger partial charge in [-0.25, -0.2) is 4.79 Å². The van der Waals surface area contributed by atoms with Crippen molar-refractivity contribution in [2.24, 2.45) is 0 Å². The van der Waals surface area contributed by atoms with E-state index in [1.807, 2.05) is 19.1 Å². The first-order chi connectivity index (χ1) is 11.1.